The minimum Gasteiger partial charge on any atom is -0.383 e. The normalized spacial score (nSPS) is 12.9. The van der Waals surface area contributed by atoms with E-state index in [0.717, 1.165) is 10.2 Å². The molecule has 66 valence electrons. The number of ether oxygens (including phenoxy) is 1. The summed E-state index contributed by atoms with van der Waals surface area (Å²) in [5, 5.41) is 0. The molecule has 0 saturated carbocycles. The molecular formula is C8H11BrN2O. The third-order valence-corrected chi connectivity index (χ3v) is 1.95. The van der Waals surface area contributed by atoms with Gasteiger partial charge in [-0.1, -0.05) is 0 Å². The fraction of sp³-hybridized carbons (Fsp3) is 0.375. The van der Waals surface area contributed by atoms with Crippen LogP contribution in [0.4, 0.5) is 0 Å². The third kappa shape index (κ3) is 2.55. The molecule has 1 atom stereocenters. The van der Waals surface area contributed by atoms with Crippen molar-refractivity contribution in [3.63, 3.8) is 0 Å². The van der Waals surface area contributed by atoms with Gasteiger partial charge in [0.1, 0.15) is 0 Å². The highest BCUT2D eigenvalue weighted by atomic mass is 79.9. The van der Waals surface area contributed by atoms with Gasteiger partial charge in [-0.15, -0.1) is 0 Å². The Hall–Kier alpha value is -0.450. The van der Waals surface area contributed by atoms with Crippen LogP contribution in [0.3, 0.4) is 0 Å². The lowest BCUT2D eigenvalue weighted by Crippen LogP contribution is -2.17. The first-order valence-electron chi connectivity index (χ1n) is 3.60. The van der Waals surface area contributed by atoms with Gasteiger partial charge in [0.25, 0.3) is 0 Å². The molecule has 1 unspecified atom stereocenters. The van der Waals surface area contributed by atoms with Gasteiger partial charge in [0.05, 0.1) is 18.3 Å². The SMILES string of the molecule is COCC(N)c1ccc(Br)cn1. The summed E-state index contributed by atoms with van der Waals surface area (Å²) in [4.78, 5) is 4.14. The number of aromatic nitrogens is 1. The van der Waals surface area contributed by atoms with Crippen molar-refractivity contribution in [3.8, 4) is 0 Å². The van der Waals surface area contributed by atoms with E-state index in [0.29, 0.717) is 6.61 Å². The summed E-state index contributed by atoms with van der Waals surface area (Å²) in [6, 6.07) is 3.66. The Kier molecular flexibility index (Phi) is 3.65. The first-order chi connectivity index (χ1) is 5.74. The van der Waals surface area contributed by atoms with Crippen LogP contribution in [0, 0.1) is 0 Å². The van der Waals surface area contributed by atoms with Crippen LogP contribution in [-0.4, -0.2) is 18.7 Å². The number of methoxy groups -OCH3 is 1. The highest BCUT2D eigenvalue weighted by molar-refractivity contribution is 9.10. The maximum absolute atomic E-state index is 5.75. The fourth-order valence-corrected chi connectivity index (χ4v) is 1.11. The lowest BCUT2D eigenvalue weighted by atomic mass is 10.2. The first kappa shape index (κ1) is 9.64. The van der Waals surface area contributed by atoms with Gasteiger partial charge < -0.3 is 10.5 Å². The molecule has 0 spiro atoms. The maximum Gasteiger partial charge on any atom is 0.0707 e. The molecule has 0 saturated heterocycles. The van der Waals surface area contributed by atoms with Crippen molar-refractivity contribution in [3.05, 3.63) is 28.5 Å². The van der Waals surface area contributed by atoms with E-state index in [9.17, 15) is 0 Å². The second-order valence-corrected chi connectivity index (χ2v) is 3.38. The van der Waals surface area contributed by atoms with E-state index in [1.54, 1.807) is 13.3 Å². The number of nitrogens with two attached hydrogens (primary N) is 1. The van der Waals surface area contributed by atoms with Crippen LogP contribution in [0.15, 0.2) is 22.8 Å². The van der Waals surface area contributed by atoms with Gasteiger partial charge in [-0.2, -0.15) is 0 Å². The molecule has 3 nitrogen and oxygen atoms in total. The first-order valence-corrected chi connectivity index (χ1v) is 4.39. The molecule has 1 aromatic rings. The van der Waals surface area contributed by atoms with E-state index in [2.05, 4.69) is 20.9 Å². The van der Waals surface area contributed by atoms with E-state index >= 15 is 0 Å². The smallest absolute Gasteiger partial charge is 0.0707 e. The number of hydrogen-bond acceptors (Lipinski definition) is 3. The van der Waals surface area contributed by atoms with E-state index in [1.807, 2.05) is 12.1 Å². The maximum atomic E-state index is 5.75. The predicted octanol–water partition coefficient (Wildman–Crippen LogP) is 1.49. The summed E-state index contributed by atoms with van der Waals surface area (Å²) in [7, 11) is 1.62. The molecule has 4 heteroatoms. The van der Waals surface area contributed by atoms with Crippen molar-refractivity contribution in [2.45, 2.75) is 6.04 Å². The lowest BCUT2D eigenvalue weighted by Gasteiger charge is -2.08. The highest BCUT2D eigenvalue weighted by Gasteiger charge is 2.05. The quantitative estimate of drug-likeness (QED) is 0.857. The molecule has 0 amide bonds. The molecule has 0 aliphatic carbocycles. The van der Waals surface area contributed by atoms with Gasteiger partial charge in [-0.25, -0.2) is 0 Å². The predicted molar refractivity (Wildman–Crippen MR) is 50.7 cm³/mol. The topological polar surface area (TPSA) is 48.1 Å². The fourth-order valence-electron chi connectivity index (χ4n) is 0.872. The zero-order chi connectivity index (χ0) is 8.97. The zero-order valence-corrected chi connectivity index (χ0v) is 8.41. The number of nitrogens with zero attached hydrogens (tertiary/aromatic N) is 1. The molecule has 0 bridgehead atoms. The molecular weight excluding hydrogens is 220 g/mol. The van der Waals surface area contributed by atoms with E-state index < -0.39 is 0 Å². The Morgan fingerprint density at radius 1 is 1.67 bits per heavy atom. The summed E-state index contributed by atoms with van der Waals surface area (Å²) in [6.45, 7) is 0.495. The van der Waals surface area contributed by atoms with Crippen molar-refractivity contribution >= 4 is 15.9 Å². The average molecular weight is 231 g/mol. The Bertz CT molecular complexity index is 237. The Morgan fingerprint density at radius 2 is 2.42 bits per heavy atom. The largest absolute Gasteiger partial charge is 0.383 e. The minimum atomic E-state index is -0.136. The van der Waals surface area contributed by atoms with Crippen LogP contribution in [-0.2, 0) is 4.74 Å². The van der Waals surface area contributed by atoms with Crippen LogP contribution >= 0.6 is 15.9 Å². The standard InChI is InChI=1S/C8H11BrN2O/c1-12-5-7(10)8-3-2-6(9)4-11-8/h2-4,7H,5,10H2,1H3. The van der Waals surface area contributed by atoms with E-state index in [-0.39, 0.29) is 6.04 Å². The molecule has 1 aromatic heterocycles. The summed E-state index contributed by atoms with van der Waals surface area (Å²) in [5.74, 6) is 0. The second kappa shape index (κ2) is 4.54. The number of halogens is 1. The average Bonchev–Trinajstić information content (AvgIpc) is 2.06. The van der Waals surface area contributed by atoms with Gasteiger partial charge in [-0.3, -0.25) is 4.98 Å². The van der Waals surface area contributed by atoms with Crippen LogP contribution in [0.5, 0.6) is 0 Å². The van der Waals surface area contributed by atoms with Gasteiger partial charge in [0.2, 0.25) is 0 Å². The van der Waals surface area contributed by atoms with E-state index in [4.69, 9.17) is 10.5 Å². The van der Waals surface area contributed by atoms with Gasteiger partial charge in [-0.05, 0) is 28.1 Å². The molecule has 12 heavy (non-hydrogen) atoms. The van der Waals surface area contributed by atoms with Crippen LogP contribution < -0.4 is 5.73 Å². The van der Waals surface area contributed by atoms with Gasteiger partial charge in [0, 0.05) is 17.8 Å². The van der Waals surface area contributed by atoms with Crippen LogP contribution in [0.2, 0.25) is 0 Å². The Morgan fingerprint density at radius 3 is 2.92 bits per heavy atom. The Balaban J connectivity index is 2.68. The third-order valence-electron chi connectivity index (χ3n) is 1.48. The Labute approximate surface area is 80.1 Å². The highest BCUT2D eigenvalue weighted by Crippen LogP contribution is 2.11. The molecule has 0 aromatic carbocycles. The second-order valence-electron chi connectivity index (χ2n) is 2.46. The summed E-state index contributed by atoms with van der Waals surface area (Å²) in [6.07, 6.45) is 1.73. The van der Waals surface area contributed by atoms with Crippen molar-refractivity contribution in [2.75, 3.05) is 13.7 Å². The van der Waals surface area contributed by atoms with Gasteiger partial charge in [0.15, 0.2) is 0 Å². The van der Waals surface area contributed by atoms with Crippen molar-refractivity contribution < 1.29 is 4.74 Å². The number of hydrogen-bond donors (Lipinski definition) is 1. The van der Waals surface area contributed by atoms with Crippen LogP contribution in [0.1, 0.15) is 11.7 Å². The molecule has 1 heterocycles. The van der Waals surface area contributed by atoms with Crippen molar-refractivity contribution in [1.29, 1.82) is 0 Å². The van der Waals surface area contributed by atoms with Crippen LogP contribution in [0.25, 0.3) is 0 Å². The zero-order valence-electron chi connectivity index (χ0n) is 6.83. The van der Waals surface area contributed by atoms with Gasteiger partial charge >= 0.3 is 0 Å². The summed E-state index contributed by atoms with van der Waals surface area (Å²) in [5.41, 5.74) is 6.60. The van der Waals surface area contributed by atoms with Crippen molar-refractivity contribution in [1.82, 2.24) is 4.98 Å². The molecule has 0 radical (unpaired) electrons. The van der Waals surface area contributed by atoms with E-state index in [1.165, 1.54) is 0 Å². The molecule has 0 fully saturated rings. The molecule has 1 rings (SSSR count). The lowest BCUT2D eigenvalue weighted by molar-refractivity contribution is 0.179. The number of rotatable bonds is 3. The monoisotopic (exact) mass is 230 g/mol. The summed E-state index contributed by atoms with van der Waals surface area (Å²) < 4.78 is 5.87. The minimum absolute atomic E-state index is 0.136. The molecule has 0 aliphatic heterocycles. The van der Waals surface area contributed by atoms with Crippen molar-refractivity contribution in [2.24, 2.45) is 5.73 Å². The molecule has 0 aliphatic rings. The number of pyridine rings is 1. The summed E-state index contributed by atoms with van der Waals surface area (Å²) >= 11 is 3.30. The molecule has 2 N–H and O–H groups in total.